The summed E-state index contributed by atoms with van der Waals surface area (Å²) in [6.45, 7) is 10.0. The average Bonchev–Trinajstić information content (AvgIpc) is 3.39. The van der Waals surface area contributed by atoms with E-state index >= 15 is 0 Å². The Morgan fingerprint density at radius 3 is 2.26 bits per heavy atom. The zero-order chi connectivity index (χ0) is 28.3. The number of Topliss-reactive ketones (excluding diaryl/α,β-unsaturated/α-hetero) is 2. The minimum atomic E-state index is -1.79. The van der Waals surface area contributed by atoms with Gasteiger partial charge < -0.3 is 20.1 Å². The maximum atomic E-state index is 13.4. The number of ketones is 2. The van der Waals surface area contributed by atoms with E-state index in [-0.39, 0.29) is 55.6 Å². The van der Waals surface area contributed by atoms with Gasteiger partial charge in [-0.2, -0.15) is 0 Å². The molecule has 2 N–H and O–H groups in total. The van der Waals surface area contributed by atoms with Crippen LogP contribution >= 0.6 is 0 Å². The molecule has 0 heterocycles. The molecule has 0 radical (unpaired) electrons. The summed E-state index contributed by atoms with van der Waals surface area (Å²) in [6.07, 6.45) is 3.18. The maximum Gasteiger partial charge on any atom is 0.329 e. The zero-order valence-electron chi connectivity index (χ0n) is 23.3. The molecule has 0 bridgehead atoms. The fraction of sp³-hybridized carbons (Fsp3) is 0.786. The summed E-state index contributed by atoms with van der Waals surface area (Å²) in [4.78, 5) is 76.6. The van der Waals surface area contributed by atoms with E-state index in [9.17, 15) is 28.8 Å². The predicted molar refractivity (Wildman–Crippen MR) is 136 cm³/mol. The first-order valence-electron chi connectivity index (χ1n) is 13.8. The van der Waals surface area contributed by atoms with Crippen molar-refractivity contribution in [2.75, 3.05) is 19.8 Å². The number of ether oxygens (including phenoxy) is 2. The lowest BCUT2D eigenvalue weighted by atomic mass is 9.62. The molecule has 0 aromatic carbocycles. The van der Waals surface area contributed by atoms with Gasteiger partial charge in [-0.1, -0.05) is 20.8 Å². The van der Waals surface area contributed by atoms with Crippen molar-refractivity contribution in [3.8, 4) is 0 Å². The molecule has 5 atom stereocenters. The van der Waals surface area contributed by atoms with Crippen molar-refractivity contribution in [3.05, 3.63) is 0 Å². The average molecular weight is 535 g/mol. The molecule has 0 spiro atoms. The van der Waals surface area contributed by atoms with Crippen LogP contribution in [0.4, 0.5) is 0 Å². The van der Waals surface area contributed by atoms with Gasteiger partial charge >= 0.3 is 11.9 Å². The van der Waals surface area contributed by atoms with Gasteiger partial charge in [-0.15, -0.1) is 0 Å². The molecule has 0 saturated heterocycles. The van der Waals surface area contributed by atoms with Crippen molar-refractivity contribution in [2.45, 2.75) is 92.0 Å². The first-order valence-corrected chi connectivity index (χ1v) is 13.8. The molecule has 5 unspecified atom stereocenters. The molecule has 212 valence electrons. The number of amides is 2. The number of esters is 2. The number of carbonyl (C=O) groups is 6. The summed E-state index contributed by atoms with van der Waals surface area (Å²) in [5.74, 6) is -4.89. The smallest absolute Gasteiger partial charge is 0.329 e. The molecule has 2 amide bonds. The second-order valence-electron chi connectivity index (χ2n) is 12.2. The van der Waals surface area contributed by atoms with Gasteiger partial charge in [0.05, 0.1) is 19.1 Å². The molecule has 3 fully saturated rings. The van der Waals surface area contributed by atoms with E-state index in [1.54, 1.807) is 13.8 Å². The Labute approximate surface area is 224 Å². The Morgan fingerprint density at radius 2 is 1.66 bits per heavy atom. The van der Waals surface area contributed by atoms with Gasteiger partial charge in [0.1, 0.15) is 11.7 Å². The van der Waals surface area contributed by atoms with Crippen LogP contribution in [0.3, 0.4) is 0 Å². The highest BCUT2D eigenvalue weighted by Crippen LogP contribution is 2.46. The summed E-state index contributed by atoms with van der Waals surface area (Å²) in [7, 11) is 0. The molecular weight excluding hydrogens is 492 g/mol. The molecule has 38 heavy (non-hydrogen) atoms. The minimum absolute atomic E-state index is 0.0823. The van der Waals surface area contributed by atoms with Crippen LogP contribution in [0.5, 0.6) is 0 Å². The lowest BCUT2D eigenvalue weighted by molar-refractivity contribution is -0.164. The summed E-state index contributed by atoms with van der Waals surface area (Å²) in [6, 6.07) is -0.312. The van der Waals surface area contributed by atoms with E-state index in [0.717, 1.165) is 6.42 Å². The van der Waals surface area contributed by atoms with Crippen LogP contribution < -0.4 is 10.6 Å². The van der Waals surface area contributed by atoms with Crippen molar-refractivity contribution in [2.24, 2.45) is 28.1 Å². The Hall–Kier alpha value is -2.78. The third-order valence-electron chi connectivity index (χ3n) is 8.24. The Kier molecular flexibility index (Phi) is 9.04. The van der Waals surface area contributed by atoms with Gasteiger partial charge in [-0.3, -0.25) is 28.8 Å². The van der Waals surface area contributed by atoms with E-state index in [2.05, 4.69) is 24.5 Å². The predicted octanol–water partition coefficient (Wildman–Crippen LogP) is 2.26. The van der Waals surface area contributed by atoms with Crippen molar-refractivity contribution in [1.82, 2.24) is 10.6 Å². The highest BCUT2D eigenvalue weighted by molar-refractivity contribution is 6.22. The quantitative estimate of drug-likeness (QED) is 0.339. The Bertz CT molecular complexity index is 991. The third-order valence-corrected chi connectivity index (χ3v) is 8.24. The monoisotopic (exact) mass is 534 g/mol. The molecule has 3 saturated carbocycles. The van der Waals surface area contributed by atoms with Crippen LogP contribution in [-0.4, -0.2) is 61.1 Å². The van der Waals surface area contributed by atoms with Crippen LogP contribution in [0.25, 0.3) is 0 Å². The second-order valence-corrected chi connectivity index (χ2v) is 12.2. The van der Waals surface area contributed by atoms with E-state index in [1.165, 1.54) is 0 Å². The van der Waals surface area contributed by atoms with Crippen molar-refractivity contribution in [1.29, 1.82) is 0 Å². The van der Waals surface area contributed by atoms with Crippen molar-refractivity contribution in [3.63, 3.8) is 0 Å². The molecule has 3 rings (SSSR count). The highest BCUT2D eigenvalue weighted by Gasteiger charge is 2.57. The fourth-order valence-corrected chi connectivity index (χ4v) is 6.94. The number of nitrogens with one attached hydrogen (secondary N) is 2. The summed E-state index contributed by atoms with van der Waals surface area (Å²) < 4.78 is 10.2. The van der Waals surface area contributed by atoms with Gasteiger partial charge in [0.15, 0.2) is 5.78 Å². The molecule has 10 heteroatoms. The van der Waals surface area contributed by atoms with Crippen LogP contribution in [0, 0.1) is 28.1 Å². The molecular formula is C28H42N2O8. The maximum absolute atomic E-state index is 13.4. The molecule has 0 aromatic rings. The number of rotatable bonds is 9. The normalized spacial score (nSPS) is 32.5. The van der Waals surface area contributed by atoms with E-state index < -0.39 is 46.3 Å². The lowest BCUT2D eigenvalue weighted by Crippen LogP contribution is -2.56. The zero-order valence-corrected chi connectivity index (χ0v) is 23.3. The molecule has 10 nitrogen and oxygen atoms in total. The third kappa shape index (κ3) is 6.10. The van der Waals surface area contributed by atoms with Crippen LogP contribution in [0.1, 0.15) is 86.0 Å². The SMILES string of the molecule is CCOC(=O)C1C(=O)CCC1C(=O)NCC1(C)CC(NC(=O)C2(C(=O)OCC)CCCC2=O)CC(C)(C)C1. The summed E-state index contributed by atoms with van der Waals surface area (Å²) in [5.41, 5.74) is -2.39. The van der Waals surface area contributed by atoms with Crippen molar-refractivity contribution >= 4 is 35.3 Å². The van der Waals surface area contributed by atoms with Crippen LogP contribution in [-0.2, 0) is 38.2 Å². The van der Waals surface area contributed by atoms with E-state index in [4.69, 9.17) is 9.47 Å². The number of carbonyl (C=O) groups excluding carboxylic acids is 6. The summed E-state index contributed by atoms with van der Waals surface area (Å²) in [5, 5.41) is 5.95. The van der Waals surface area contributed by atoms with Gasteiger partial charge in [0.25, 0.3) is 0 Å². The van der Waals surface area contributed by atoms with Gasteiger partial charge in [0.2, 0.25) is 17.2 Å². The second kappa shape index (κ2) is 11.5. The molecule has 0 aromatic heterocycles. The van der Waals surface area contributed by atoms with Crippen LogP contribution in [0.2, 0.25) is 0 Å². The number of hydrogen-bond acceptors (Lipinski definition) is 8. The fourth-order valence-electron chi connectivity index (χ4n) is 6.94. The van der Waals surface area contributed by atoms with Gasteiger partial charge in [0, 0.05) is 25.4 Å². The number of hydrogen-bond donors (Lipinski definition) is 2. The Balaban J connectivity index is 1.70. The highest BCUT2D eigenvalue weighted by atomic mass is 16.5. The largest absolute Gasteiger partial charge is 0.465 e. The molecule has 3 aliphatic rings. The van der Waals surface area contributed by atoms with Crippen LogP contribution in [0.15, 0.2) is 0 Å². The van der Waals surface area contributed by atoms with Gasteiger partial charge in [-0.05, 0) is 63.2 Å². The minimum Gasteiger partial charge on any atom is -0.465 e. The Morgan fingerprint density at radius 1 is 0.974 bits per heavy atom. The summed E-state index contributed by atoms with van der Waals surface area (Å²) >= 11 is 0. The lowest BCUT2D eigenvalue weighted by Gasteiger charge is -2.47. The van der Waals surface area contributed by atoms with Crippen molar-refractivity contribution < 1.29 is 38.2 Å². The molecule has 3 aliphatic carbocycles. The van der Waals surface area contributed by atoms with E-state index in [1.807, 2.05) is 6.92 Å². The first-order chi connectivity index (χ1) is 17.8. The standard InChI is InChI=1S/C28H42N2O8/c1-6-37-23(34)21-18(10-11-19(21)31)22(33)29-16-27(5)14-17(13-26(3,4)15-27)30-24(35)28(25(36)38-7-2)12-8-9-20(28)32/h17-18,21H,6-16H2,1-5H3,(H,29,33)(H,30,35). The topological polar surface area (TPSA) is 145 Å². The van der Waals surface area contributed by atoms with Gasteiger partial charge in [-0.25, -0.2) is 0 Å². The van der Waals surface area contributed by atoms with E-state index in [0.29, 0.717) is 32.2 Å². The molecule has 0 aliphatic heterocycles. The first kappa shape index (κ1) is 29.8.